The average molecular weight is 301 g/mol. The number of halogens is 1. The van der Waals surface area contributed by atoms with E-state index in [0.29, 0.717) is 12.3 Å². The molecule has 0 fully saturated rings. The van der Waals surface area contributed by atoms with Gasteiger partial charge in [-0.05, 0) is 31.9 Å². The van der Waals surface area contributed by atoms with E-state index in [1.54, 1.807) is 6.92 Å². The Morgan fingerprint density at radius 3 is 2.35 bits per heavy atom. The summed E-state index contributed by atoms with van der Waals surface area (Å²) in [6.07, 6.45) is 1.13. The van der Waals surface area contributed by atoms with E-state index in [4.69, 9.17) is 10.5 Å². The minimum atomic E-state index is -0.527. The number of amides is 1. The Hall–Kier alpha value is -1.26. The van der Waals surface area contributed by atoms with Gasteiger partial charge in [0.2, 0.25) is 0 Å². The lowest BCUT2D eigenvalue weighted by Crippen LogP contribution is -2.51. The summed E-state index contributed by atoms with van der Waals surface area (Å²) >= 11 is 0. The molecule has 4 nitrogen and oxygen atoms in total. The highest BCUT2D eigenvalue weighted by Crippen LogP contribution is 2.12. The van der Waals surface area contributed by atoms with Gasteiger partial charge in [-0.3, -0.25) is 4.79 Å². The van der Waals surface area contributed by atoms with E-state index in [0.717, 1.165) is 12.8 Å². The lowest BCUT2D eigenvalue weighted by atomic mass is 9.94. The molecule has 1 amide bonds. The Morgan fingerprint density at radius 1 is 1.30 bits per heavy atom. The van der Waals surface area contributed by atoms with Gasteiger partial charge in [0.25, 0.3) is 5.91 Å². The van der Waals surface area contributed by atoms with E-state index >= 15 is 0 Å². The predicted molar refractivity (Wildman–Crippen MR) is 84.3 cm³/mol. The molecule has 1 rings (SSSR count). The molecule has 0 radical (unpaired) electrons. The van der Waals surface area contributed by atoms with Crippen LogP contribution in [0.25, 0.3) is 0 Å². The molecule has 0 aliphatic heterocycles. The lowest BCUT2D eigenvalue weighted by molar-refractivity contribution is -0.127. The van der Waals surface area contributed by atoms with Crippen molar-refractivity contribution in [2.24, 2.45) is 5.73 Å². The number of para-hydroxylation sites is 1. The van der Waals surface area contributed by atoms with Crippen LogP contribution in [0, 0.1) is 0 Å². The standard InChI is InChI=1S/C15H24N2O2.ClH/c1-4-15(16,5-2)11-17-14(18)12(3)19-13-9-7-6-8-10-13;/h6-10,12H,4-5,11,16H2,1-3H3,(H,17,18);1H. The lowest BCUT2D eigenvalue weighted by Gasteiger charge is -2.27. The molecule has 1 aromatic rings. The summed E-state index contributed by atoms with van der Waals surface area (Å²) in [5.41, 5.74) is 5.81. The van der Waals surface area contributed by atoms with Crippen LogP contribution in [0.5, 0.6) is 5.75 Å². The van der Waals surface area contributed by atoms with Crippen molar-refractivity contribution in [2.45, 2.75) is 45.3 Å². The molecule has 114 valence electrons. The normalized spacial score (nSPS) is 12.2. The Bertz CT molecular complexity index is 394. The fourth-order valence-electron chi connectivity index (χ4n) is 1.66. The van der Waals surface area contributed by atoms with Crippen LogP contribution in [0.2, 0.25) is 0 Å². The fourth-order valence-corrected chi connectivity index (χ4v) is 1.66. The first kappa shape index (κ1) is 18.7. The van der Waals surface area contributed by atoms with E-state index < -0.39 is 6.10 Å². The van der Waals surface area contributed by atoms with Crippen LogP contribution in [0.4, 0.5) is 0 Å². The zero-order valence-corrected chi connectivity index (χ0v) is 13.2. The summed E-state index contributed by atoms with van der Waals surface area (Å²) in [5, 5.41) is 2.86. The molecule has 0 aromatic heterocycles. The first-order chi connectivity index (χ1) is 9.00. The van der Waals surface area contributed by atoms with Gasteiger partial charge in [-0.15, -0.1) is 12.4 Å². The Balaban J connectivity index is 0.00000361. The molecule has 1 atom stereocenters. The largest absolute Gasteiger partial charge is 0.481 e. The van der Waals surface area contributed by atoms with Crippen LogP contribution in [-0.4, -0.2) is 24.1 Å². The van der Waals surface area contributed by atoms with Crippen molar-refractivity contribution in [2.75, 3.05) is 6.54 Å². The van der Waals surface area contributed by atoms with Gasteiger partial charge < -0.3 is 15.8 Å². The summed E-state index contributed by atoms with van der Waals surface area (Å²) in [5.74, 6) is 0.552. The molecule has 0 saturated carbocycles. The quantitative estimate of drug-likeness (QED) is 0.813. The molecule has 0 saturated heterocycles. The number of nitrogens with one attached hydrogen (secondary N) is 1. The number of rotatable bonds is 7. The molecule has 0 aliphatic rings. The van der Waals surface area contributed by atoms with Gasteiger partial charge in [0.1, 0.15) is 5.75 Å². The molecule has 5 heteroatoms. The molecule has 0 bridgehead atoms. The van der Waals surface area contributed by atoms with E-state index in [1.807, 2.05) is 44.2 Å². The van der Waals surface area contributed by atoms with E-state index in [1.165, 1.54) is 0 Å². The Kier molecular flexibility index (Phi) is 8.26. The van der Waals surface area contributed by atoms with Crippen molar-refractivity contribution in [1.29, 1.82) is 0 Å². The maximum absolute atomic E-state index is 11.9. The van der Waals surface area contributed by atoms with Gasteiger partial charge in [-0.1, -0.05) is 32.0 Å². The average Bonchev–Trinajstić information content (AvgIpc) is 2.45. The highest BCUT2D eigenvalue weighted by atomic mass is 35.5. The van der Waals surface area contributed by atoms with E-state index in [2.05, 4.69) is 5.32 Å². The van der Waals surface area contributed by atoms with Crippen LogP contribution in [0.3, 0.4) is 0 Å². The fraction of sp³-hybridized carbons (Fsp3) is 0.533. The highest BCUT2D eigenvalue weighted by molar-refractivity contribution is 5.85. The molecule has 3 N–H and O–H groups in total. The molecule has 1 aromatic carbocycles. The number of carbonyl (C=O) groups is 1. The molecular weight excluding hydrogens is 276 g/mol. The SMILES string of the molecule is CCC(N)(CC)CNC(=O)C(C)Oc1ccccc1.Cl. The topological polar surface area (TPSA) is 64.3 Å². The van der Waals surface area contributed by atoms with Crippen LogP contribution >= 0.6 is 12.4 Å². The number of benzene rings is 1. The number of hydrogen-bond acceptors (Lipinski definition) is 3. The third-order valence-electron chi connectivity index (χ3n) is 3.45. The molecule has 1 unspecified atom stereocenters. The first-order valence-electron chi connectivity index (χ1n) is 6.79. The van der Waals surface area contributed by atoms with Crippen molar-refractivity contribution in [1.82, 2.24) is 5.32 Å². The van der Waals surface area contributed by atoms with Gasteiger partial charge in [0, 0.05) is 12.1 Å². The van der Waals surface area contributed by atoms with E-state index in [9.17, 15) is 4.79 Å². The first-order valence-corrected chi connectivity index (χ1v) is 6.79. The second-order valence-electron chi connectivity index (χ2n) is 4.86. The predicted octanol–water partition coefficient (Wildman–Crippen LogP) is 2.51. The van der Waals surface area contributed by atoms with Crippen LogP contribution in [0.15, 0.2) is 30.3 Å². The van der Waals surface area contributed by atoms with Gasteiger partial charge in [-0.2, -0.15) is 0 Å². The summed E-state index contributed by atoms with van der Waals surface area (Å²) in [6, 6.07) is 9.31. The van der Waals surface area contributed by atoms with Crippen molar-refractivity contribution >= 4 is 18.3 Å². The monoisotopic (exact) mass is 300 g/mol. The van der Waals surface area contributed by atoms with E-state index in [-0.39, 0.29) is 23.9 Å². The van der Waals surface area contributed by atoms with Gasteiger partial charge in [0.05, 0.1) is 0 Å². The van der Waals surface area contributed by atoms with Gasteiger partial charge in [0.15, 0.2) is 6.10 Å². The number of carbonyl (C=O) groups excluding carboxylic acids is 1. The maximum Gasteiger partial charge on any atom is 0.260 e. The van der Waals surface area contributed by atoms with Crippen molar-refractivity contribution in [3.05, 3.63) is 30.3 Å². The van der Waals surface area contributed by atoms with Gasteiger partial charge >= 0.3 is 0 Å². The summed E-state index contributed by atoms with van der Waals surface area (Å²) < 4.78 is 5.56. The molecule has 0 aliphatic carbocycles. The van der Waals surface area contributed by atoms with Crippen LogP contribution in [0.1, 0.15) is 33.6 Å². The Morgan fingerprint density at radius 2 is 1.85 bits per heavy atom. The zero-order chi connectivity index (χ0) is 14.3. The van der Waals surface area contributed by atoms with Crippen molar-refractivity contribution < 1.29 is 9.53 Å². The number of nitrogens with two attached hydrogens (primary N) is 1. The third kappa shape index (κ3) is 5.80. The minimum Gasteiger partial charge on any atom is -0.481 e. The summed E-state index contributed by atoms with van der Waals surface area (Å²) in [7, 11) is 0. The number of ether oxygens (including phenoxy) is 1. The molecule has 20 heavy (non-hydrogen) atoms. The van der Waals surface area contributed by atoms with Crippen molar-refractivity contribution in [3.8, 4) is 5.75 Å². The van der Waals surface area contributed by atoms with Gasteiger partial charge in [-0.25, -0.2) is 0 Å². The van der Waals surface area contributed by atoms with Crippen LogP contribution in [-0.2, 0) is 4.79 Å². The zero-order valence-electron chi connectivity index (χ0n) is 12.4. The summed E-state index contributed by atoms with van der Waals surface area (Å²) in [4.78, 5) is 11.9. The second-order valence-corrected chi connectivity index (χ2v) is 4.86. The Labute approximate surface area is 127 Å². The molecule has 0 spiro atoms. The molecular formula is C15H25ClN2O2. The molecule has 0 heterocycles. The van der Waals surface area contributed by atoms with Crippen molar-refractivity contribution in [3.63, 3.8) is 0 Å². The third-order valence-corrected chi connectivity index (χ3v) is 3.45. The number of hydrogen-bond donors (Lipinski definition) is 2. The second kappa shape index (κ2) is 8.82. The minimum absolute atomic E-state index is 0. The highest BCUT2D eigenvalue weighted by Gasteiger charge is 2.23. The smallest absolute Gasteiger partial charge is 0.260 e. The summed E-state index contributed by atoms with van der Waals surface area (Å²) in [6.45, 7) is 6.26. The van der Waals surface area contributed by atoms with Crippen LogP contribution < -0.4 is 15.8 Å². The maximum atomic E-state index is 11.9.